The molecule has 0 aliphatic heterocycles. The third kappa shape index (κ3) is 4.62. The molecule has 3 rings (SSSR count). The van der Waals surface area contributed by atoms with Gasteiger partial charge in [0, 0.05) is 10.7 Å². The Balaban J connectivity index is 1.89. The van der Waals surface area contributed by atoms with Crippen LogP contribution in [0.3, 0.4) is 0 Å². The van der Waals surface area contributed by atoms with E-state index >= 15 is 0 Å². The predicted octanol–water partition coefficient (Wildman–Crippen LogP) is 5.75. The largest absolute Gasteiger partial charge is 0.490 e. The Kier molecular flexibility index (Phi) is 7.03. The minimum absolute atomic E-state index is 0.0412. The third-order valence-electron chi connectivity index (χ3n) is 5.83. The van der Waals surface area contributed by atoms with Crippen LogP contribution in [0.15, 0.2) is 42.5 Å². The summed E-state index contributed by atoms with van der Waals surface area (Å²) in [5.74, 6) is -0.131. The monoisotopic (exact) mass is 429 g/mol. The first-order chi connectivity index (χ1) is 14.4. The van der Waals surface area contributed by atoms with Crippen molar-refractivity contribution in [3.05, 3.63) is 58.6 Å². The highest BCUT2D eigenvalue weighted by Crippen LogP contribution is 2.42. The molecule has 0 saturated heterocycles. The summed E-state index contributed by atoms with van der Waals surface area (Å²) in [7, 11) is 1.33. The molecule has 5 nitrogen and oxygen atoms in total. The molecule has 0 heterocycles. The molecule has 1 amide bonds. The van der Waals surface area contributed by atoms with Crippen molar-refractivity contribution in [3.8, 4) is 5.75 Å². The van der Waals surface area contributed by atoms with Gasteiger partial charge in [0.1, 0.15) is 11.3 Å². The Bertz CT molecular complexity index is 904. The number of hydrogen-bond donors (Lipinski definition) is 1. The second-order valence-corrected chi connectivity index (χ2v) is 8.23. The third-order valence-corrected chi connectivity index (χ3v) is 6.09. The minimum atomic E-state index is -0.595. The van der Waals surface area contributed by atoms with Gasteiger partial charge in [-0.15, -0.1) is 0 Å². The highest BCUT2D eigenvalue weighted by atomic mass is 35.5. The zero-order chi connectivity index (χ0) is 21.7. The molecule has 1 saturated carbocycles. The second-order valence-electron chi connectivity index (χ2n) is 7.79. The summed E-state index contributed by atoms with van der Waals surface area (Å²) in [5.41, 5.74) is 1.20. The first-order valence-corrected chi connectivity index (χ1v) is 10.7. The number of methoxy groups -OCH3 is 1. The summed E-state index contributed by atoms with van der Waals surface area (Å²) in [5, 5.41) is 3.66. The molecule has 6 heteroatoms. The van der Waals surface area contributed by atoms with Crippen LogP contribution in [0.25, 0.3) is 0 Å². The van der Waals surface area contributed by atoms with Gasteiger partial charge in [0.25, 0.3) is 0 Å². The number of rotatable bonds is 7. The summed E-state index contributed by atoms with van der Waals surface area (Å²) in [6.45, 7) is 3.95. The lowest BCUT2D eigenvalue weighted by Crippen LogP contribution is -2.38. The SMILES string of the molecule is CC[C@H](C)Oc1ccc(NC(=O)C2(c3ccc(Cl)cc3)CCCC2)cc1C(=O)OC. The number of carbonyl (C=O) groups excluding carboxylic acids is 2. The van der Waals surface area contributed by atoms with Crippen molar-refractivity contribution >= 4 is 29.2 Å². The van der Waals surface area contributed by atoms with Crippen LogP contribution in [0.1, 0.15) is 61.9 Å². The molecule has 30 heavy (non-hydrogen) atoms. The Labute approximate surface area is 182 Å². The number of carbonyl (C=O) groups is 2. The molecule has 1 N–H and O–H groups in total. The van der Waals surface area contributed by atoms with Gasteiger partial charge in [-0.3, -0.25) is 4.79 Å². The van der Waals surface area contributed by atoms with Gasteiger partial charge >= 0.3 is 5.97 Å². The van der Waals surface area contributed by atoms with E-state index in [4.69, 9.17) is 21.1 Å². The molecule has 0 unspecified atom stereocenters. The van der Waals surface area contributed by atoms with Gasteiger partial charge in [-0.25, -0.2) is 4.79 Å². The summed E-state index contributed by atoms with van der Waals surface area (Å²) in [4.78, 5) is 25.7. The number of amides is 1. The van der Waals surface area contributed by atoms with Crippen LogP contribution in [0.5, 0.6) is 5.75 Å². The van der Waals surface area contributed by atoms with E-state index in [1.54, 1.807) is 18.2 Å². The van der Waals surface area contributed by atoms with E-state index in [1.165, 1.54) is 7.11 Å². The molecular formula is C24H28ClNO4. The number of nitrogens with one attached hydrogen (secondary N) is 1. The van der Waals surface area contributed by atoms with E-state index in [0.717, 1.165) is 37.7 Å². The lowest BCUT2D eigenvalue weighted by atomic mass is 9.78. The van der Waals surface area contributed by atoms with Crippen LogP contribution in [0, 0.1) is 0 Å². The van der Waals surface area contributed by atoms with Gasteiger partial charge in [0.2, 0.25) is 5.91 Å². The average Bonchev–Trinajstić information content (AvgIpc) is 3.25. The summed E-state index contributed by atoms with van der Waals surface area (Å²) in [6, 6.07) is 12.6. The molecule has 2 aromatic rings. The number of benzene rings is 2. The van der Waals surface area contributed by atoms with Crippen molar-refractivity contribution < 1.29 is 19.1 Å². The van der Waals surface area contributed by atoms with Crippen LogP contribution in [0.2, 0.25) is 5.02 Å². The smallest absolute Gasteiger partial charge is 0.341 e. The van der Waals surface area contributed by atoms with Crippen LogP contribution in [-0.2, 0) is 14.9 Å². The highest BCUT2D eigenvalue weighted by molar-refractivity contribution is 6.30. The predicted molar refractivity (Wildman–Crippen MR) is 118 cm³/mol. The van der Waals surface area contributed by atoms with Crippen LogP contribution in [-0.4, -0.2) is 25.1 Å². The summed E-state index contributed by atoms with van der Waals surface area (Å²) in [6.07, 6.45) is 4.30. The lowest BCUT2D eigenvalue weighted by molar-refractivity contribution is -0.121. The zero-order valence-corrected chi connectivity index (χ0v) is 18.4. The van der Waals surface area contributed by atoms with Gasteiger partial charge in [0.15, 0.2) is 0 Å². The fraction of sp³-hybridized carbons (Fsp3) is 0.417. The zero-order valence-electron chi connectivity index (χ0n) is 17.7. The first kappa shape index (κ1) is 22.2. The van der Waals surface area contributed by atoms with Gasteiger partial charge < -0.3 is 14.8 Å². The van der Waals surface area contributed by atoms with E-state index in [9.17, 15) is 9.59 Å². The van der Waals surface area contributed by atoms with Crippen molar-refractivity contribution in [3.63, 3.8) is 0 Å². The molecule has 1 atom stereocenters. The maximum atomic E-state index is 13.4. The Morgan fingerprint density at radius 2 is 1.80 bits per heavy atom. The molecule has 2 aromatic carbocycles. The fourth-order valence-corrected chi connectivity index (χ4v) is 4.05. The maximum absolute atomic E-state index is 13.4. The molecule has 0 spiro atoms. The van der Waals surface area contributed by atoms with Crippen LogP contribution >= 0.6 is 11.6 Å². The Morgan fingerprint density at radius 1 is 1.13 bits per heavy atom. The molecule has 0 aromatic heterocycles. The molecule has 1 aliphatic rings. The van der Waals surface area contributed by atoms with E-state index in [1.807, 2.05) is 38.1 Å². The quantitative estimate of drug-likeness (QED) is 0.568. The number of esters is 1. The number of halogens is 1. The van der Waals surface area contributed by atoms with Crippen molar-refractivity contribution in [1.29, 1.82) is 0 Å². The number of anilines is 1. The van der Waals surface area contributed by atoms with E-state index in [2.05, 4.69) is 5.32 Å². The fourth-order valence-electron chi connectivity index (χ4n) is 3.93. The molecule has 0 radical (unpaired) electrons. The maximum Gasteiger partial charge on any atom is 0.341 e. The minimum Gasteiger partial charge on any atom is -0.490 e. The standard InChI is InChI=1S/C24H28ClNO4/c1-4-16(2)30-21-12-11-19(15-20(21)22(27)29-3)26-23(28)24(13-5-6-14-24)17-7-9-18(25)10-8-17/h7-12,15-16H,4-6,13-14H2,1-3H3,(H,26,28)/t16-/m0/s1. The van der Waals surface area contributed by atoms with E-state index in [0.29, 0.717) is 22.0 Å². The molecule has 1 aliphatic carbocycles. The van der Waals surface area contributed by atoms with Crippen molar-refractivity contribution in [2.24, 2.45) is 0 Å². The lowest BCUT2D eigenvalue weighted by Gasteiger charge is -2.28. The normalized spacial score (nSPS) is 16.0. The van der Waals surface area contributed by atoms with Gasteiger partial charge in [-0.1, -0.05) is 43.5 Å². The second kappa shape index (κ2) is 9.52. The molecule has 0 bridgehead atoms. The Hall–Kier alpha value is -2.53. The van der Waals surface area contributed by atoms with Gasteiger partial charge in [-0.05, 0) is 62.1 Å². The van der Waals surface area contributed by atoms with Crippen molar-refractivity contribution in [1.82, 2.24) is 0 Å². The number of hydrogen-bond acceptors (Lipinski definition) is 4. The first-order valence-electron chi connectivity index (χ1n) is 10.4. The summed E-state index contributed by atoms with van der Waals surface area (Å²) >= 11 is 6.04. The van der Waals surface area contributed by atoms with Gasteiger partial charge in [-0.2, -0.15) is 0 Å². The van der Waals surface area contributed by atoms with E-state index < -0.39 is 11.4 Å². The van der Waals surface area contributed by atoms with Crippen LogP contribution < -0.4 is 10.1 Å². The highest BCUT2D eigenvalue weighted by Gasteiger charge is 2.42. The average molecular weight is 430 g/mol. The topological polar surface area (TPSA) is 64.6 Å². The molecule has 160 valence electrons. The molecule has 1 fully saturated rings. The molecular weight excluding hydrogens is 402 g/mol. The Morgan fingerprint density at radius 3 is 2.40 bits per heavy atom. The van der Waals surface area contributed by atoms with E-state index in [-0.39, 0.29) is 12.0 Å². The van der Waals surface area contributed by atoms with Crippen molar-refractivity contribution in [2.45, 2.75) is 57.5 Å². The summed E-state index contributed by atoms with van der Waals surface area (Å²) < 4.78 is 10.8. The van der Waals surface area contributed by atoms with Gasteiger partial charge in [0.05, 0.1) is 18.6 Å². The van der Waals surface area contributed by atoms with Crippen LogP contribution in [0.4, 0.5) is 5.69 Å². The number of ether oxygens (including phenoxy) is 2. The van der Waals surface area contributed by atoms with Crippen molar-refractivity contribution in [2.75, 3.05) is 12.4 Å².